The maximum Gasteiger partial charge on any atom is 0.267 e. The average Bonchev–Trinajstić information content (AvgIpc) is 2.41. The van der Waals surface area contributed by atoms with Gasteiger partial charge in [0, 0.05) is 23.9 Å². The minimum atomic E-state index is -0.211. The van der Waals surface area contributed by atoms with E-state index >= 15 is 0 Å². The van der Waals surface area contributed by atoms with Gasteiger partial charge >= 0.3 is 0 Å². The van der Waals surface area contributed by atoms with Crippen LogP contribution in [-0.2, 0) is 16.0 Å². The number of rotatable bonds is 4. The maximum atomic E-state index is 11.7. The molecule has 1 aliphatic heterocycles. The van der Waals surface area contributed by atoms with Gasteiger partial charge in [-0.2, -0.15) is 5.10 Å². The first-order valence-corrected chi connectivity index (χ1v) is 6.82. The van der Waals surface area contributed by atoms with E-state index in [-0.39, 0.29) is 11.8 Å². The lowest BCUT2D eigenvalue weighted by Gasteiger charge is -2.11. The summed E-state index contributed by atoms with van der Waals surface area (Å²) in [5.41, 5.74) is 3.85. The third-order valence-electron chi connectivity index (χ3n) is 2.78. The Labute approximate surface area is 119 Å². The quantitative estimate of drug-likeness (QED) is 0.878. The molecule has 0 unspecified atom stereocenters. The Hall–Kier alpha value is -1.69. The largest absolute Gasteiger partial charge is 0.351 e. The Kier molecular flexibility index (Phi) is 4.68. The van der Waals surface area contributed by atoms with E-state index in [0.29, 0.717) is 25.1 Å². The molecule has 100 valence electrons. The molecule has 0 atom stereocenters. The Bertz CT molecular complexity index is 511. The summed E-state index contributed by atoms with van der Waals surface area (Å²) in [6, 6.07) is 7.96. The molecule has 2 rings (SSSR count). The van der Waals surface area contributed by atoms with E-state index in [4.69, 9.17) is 0 Å². The van der Waals surface area contributed by atoms with Crippen LogP contribution in [0.4, 0.5) is 0 Å². The second kappa shape index (κ2) is 6.47. The van der Waals surface area contributed by atoms with Gasteiger partial charge in [0.05, 0.1) is 0 Å². The van der Waals surface area contributed by atoms with Crippen LogP contribution >= 0.6 is 15.9 Å². The Morgan fingerprint density at radius 3 is 2.68 bits per heavy atom. The number of carbonyl (C=O) groups is 2. The highest BCUT2D eigenvalue weighted by atomic mass is 79.9. The summed E-state index contributed by atoms with van der Waals surface area (Å²) in [6.07, 6.45) is 1.48. The smallest absolute Gasteiger partial charge is 0.267 e. The standard InChI is InChI=1S/C13H14BrN3O2/c14-10-3-1-9(2-4-10)7-8-15-13(19)11-5-6-12(18)17-16-11/h1-4H,5-8H2,(H,15,19)(H,17,18). The lowest BCUT2D eigenvalue weighted by Crippen LogP contribution is -2.37. The lowest BCUT2D eigenvalue weighted by atomic mass is 10.1. The third-order valence-corrected chi connectivity index (χ3v) is 3.31. The summed E-state index contributed by atoms with van der Waals surface area (Å²) in [5.74, 6) is -0.358. The van der Waals surface area contributed by atoms with Crippen molar-refractivity contribution in [2.24, 2.45) is 5.10 Å². The normalized spacial score (nSPS) is 14.6. The second-order valence-electron chi connectivity index (χ2n) is 4.23. The van der Waals surface area contributed by atoms with E-state index in [1.54, 1.807) is 0 Å². The molecule has 1 heterocycles. The van der Waals surface area contributed by atoms with Crippen molar-refractivity contribution in [1.29, 1.82) is 0 Å². The predicted molar refractivity (Wildman–Crippen MR) is 75.7 cm³/mol. The highest BCUT2D eigenvalue weighted by Crippen LogP contribution is 2.10. The summed E-state index contributed by atoms with van der Waals surface area (Å²) in [5, 5.41) is 6.54. The van der Waals surface area contributed by atoms with Crippen LogP contribution in [-0.4, -0.2) is 24.1 Å². The molecule has 0 saturated heterocycles. The van der Waals surface area contributed by atoms with Gasteiger partial charge in [0.15, 0.2) is 0 Å². The van der Waals surface area contributed by atoms with E-state index in [1.165, 1.54) is 0 Å². The van der Waals surface area contributed by atoms with Crippen molar-refractivity contribution in [3.05, 3.63) is 34.3 Å². The van der Waals surface area contributed by atoms with Gasteiger partial charge in [-0.1, -0.05) is 28.1 Å². The van der Waals surface area contributed by atoms with Crippen LogP contribution in [0.2, 0.25) is 0 Å². The minimum Gasteiger partial charge on any atom is -0.351 e. The topological polar surface area (TPSA) is 70.6 Å². The summed E-state index contributed by atoms with van der Waals surface area (Å²) in [6.45, 7) is 0.549. The molecule has 1 aromatic carbocycles. The Morgan fingerprint density at radius 2 is 2.05 bits per heavy atom. The van der Waals surface area contributed by atoms with Crippen molar-refractivity contribution >= 4 is 33.5 Å². The first-order chi connectivity index (χ1) is 9.15. The maximum absolute atomic E-state index is 11.7. The van der Waals surface area contributed by atoms with Gasteiger partial charge in [0.1, 0.15) is 5.71 Å². The number of benzene rings is 1. The molecule has 1 aliphatic rings. The van der Waals surface area contributed by atoms with Gasteiger partial charge in [-0.25, -0.2) is 5.43 Å². The number of hydrogen-bond donors (Lipinski definition) is 2. The molecule has 19 heavy (non-hydrogen) atoms. The van der Waals surface area contributed by atoms with Gasteiger partial charge in [-0.3, -0.25) is 9.59 Å². The fraction of sp³-hybridized carbons (Fsp3) is 0.308. The predicted octanol–water partition coefficient (Wildman–Crippen LogP) is 1.37. The van der Waals surface area contributed by atoms with E-state index in [1.807, 2.05) is 24.3 Å². The molecule has 6 heteroatoms. The first-order valence-electron chi connectivity index (χ1n) is 6.03. The lowest BCUT2D eigenvalue weighted by molar-refractivity contribution is -0.121. The van der Waals surface area contributed by atoms with Crippen molar-refractivity contribution in [2.45, 2.75) is 19.3 Å². The molecular formula is C13H14BrN3O2. The number of nitrogens with zero attached hydrogens (tertiary/aromatic N) is 1. The summed E-state index contributed by atoms with van der Waals surface area (Å²) in [7, 11) is 0. The highest BCUT2D eigenvalue weighted by Gasteiger charge is 2.17. The Morgan fingerprint density at radius 1 is 1.32 bits per heavy atom. The molecule has 0 radical (unpaired) electrons. The zero-order valence-electron chi connectivity index (χ0n) is 10.3. The van der Waals surface area contributed by atoms with Crippen molar-refractivity contribution in [2.75, 3.05) is 6.54 Å². The van der Waals surface area contributed by atoms with Crippen LogP contribution in [0, 0.1) is 0 Å². The minimum absolute atomic E-state index is 0.147. The molecule has 0 fully saturated rings. The van der Waals surface area contributed by atoms with E-state index in [2.05, 4.69) is 31.8 Å². The number of nitrogens with one attached hydrogen (secondary N) is 2. The number of hydrogen-bond acceptors (Lipinski definition) is 3. The van der Waals surface area contributed by atoms with Crippen molar-refractivity contribution in [3.8, 4) is 0 Å². The van der Waals surface area contributed by atoms with E-state index in [0.717, 1.165) is 16.5 Å². The van der Waals surface area contributed by atoms with Gasteiger partial charge in [0.25, 0.3) is 5.91 Å². The van der Waals surface area contributed by atoms with Gasteiger partial charge in [-0.15, -0.1) is 0 Å². The first kappa shape index (κ1) is 13.7. The van der Waals surface area contributed by atoms with E-state index in [9.17, 15) is 9.59 Å². The SMILES string of the molecule is O=C1CCC(C(=O)NCCc2ccc(Br)cc2)=NN1. The second-order valence-corrected chi connectivity index (χ2v) is 5.14. The molecule has 1 aromatic rings. The summed E-state index contributed by atoms with van der Waals surface area (Å²) in [4.78, 5) is 22.7. The molecule has 0 aliphatic carbocycles. The number of hydrazone groups is 1. The van der Waals surface area contributed by atoms with Gasteiger partial charge < -0.3 is 5.32 Å². The van der Waals surface area contributed by atoms with Crippen LogP contribution in [0.15, 0.2) is 33.8 Å². The van der Waals surface area contributed by atoms with Crippen LogP contribution < -0.4 is 10.7 Å². The molecule has 0 bridgehead atoms. The zero-order chi connectivity index (χ0) is 13.7. The number of halogens is 1. The van der Waals surface area contributed by atoms with Crippen molar-refractivity contribution in [1.82, 2.24) is 10.7 Å². The number of carbonyl (C=O) groups excluding carboxylic acids is 2. The monoisotopic (exact) mass is 323 g/mol. The number of amides is 2. The zero-order valence-corrected chi connectivity index (χ0v) is 11.9. The molecule has 2 amide bonds. The Balaban J connectivity index is 1.78. The summed E-state index contributed by atoms with van der Waals surface area (Å²) >= 11 is 3.37. The highest BCUT2D eigenvalue weighted by molar-refractivity contribution is 9.10. The average molecular weight is 324 g/mol. The molecular weight excluding hydrogens is 310 g/mol. The molecule has 5 nitrogen and oxygen atoms in total. The van der Waals surface area contributed by atoms with Crippen LogP contribution in [0.5, 0.6) is 0 Å². The fourth-order valence-corrected chi connectivity index (χ4v) is 1.98. The molecule has 0 spiro atoms. The molecule has 2 N–H and O–H groups in total. The van der Waals surface area contributed by atoms with Crippen LogP contribution in [0.3, 0.4) is 0 Å². The molecule has 0 saturated carbocycles. The van der Waals surface area contributed by atoms with Gasteiger partial charge in [-0.05, 0) is 24.1 Å². The van der Waals surface area contributed by atoms with Gasteiger partial charge in [0.2, 0.25) is 5.91 Å². The fourth-order valence-electron chi connectivity index (χ4n) is 1.71. The van der Waals surface area contributed by atoms with Crippen LogP contribution in [0.1, 0.15) is 18.4 Å². The summed E-state index contributed by atoms with van der Waals surface area (Å²) < 4.78 is 1.03. The van der Waals surface area contributed by atoms with Crippen molar-refractivity contribution in [3.63, 3.8) is 0 Å². The third kappa shape index (κ3) is 4.17. The van der Waals surface area contributed by atoms with E-state index < -0.39 is 0 Å². The van der Waals surface area contributed by atoms with Crippen molar-refractivity contribution < 1.29 is 9.59 Å². The van der Waals surface area contributed by atoms with Crippen LogP contribution in [0.25, 0.3) is 0 Å². The molecule has 0 aromatic heterocycles.